The van der Waals surface area contributed by atoms with Crippen molar-refractivity contribution in [1.29, 1.82) is 0 Å². The van der Waals surface area contributed by atoms with Gasteiger partial charge in [0, 0.05) is 25.1 Å². The topological polar surface area (TPSA) is 156 Å². The number of H-pyrrole nitrogens is 1. The Bertz CT molecular complexity index is 2200. The fraction of sp³-hybridized carbons (Fsp3) is 0.342. The summed E-state index contributed by atoms with van der Waals surface area (Å²) in [5, 5.41) is 2.58. The Balaban J connectivity index is 1.38. The van der Waals surface area contributed by atoms with Crippen LogP contribution in [0.5, 0.6) is 5.75 Å². The lowest BCUT2D eigenvalue weighted by Gasteiger charge is -2.21. The Morgan fingerprint density at radius 2 is 1.68 bits per heavy atom. The molecule has 0 fully saturated rings. The zero-order chi connectivity index (χ0) is 38.1. The number of alkyl halides is 2. The molecule has 15 heteroatoms. The van der Waals surface area contributed by atoms with Crippen LogP contribution in [-0.2, 0) is 27.7 Å². The second-order valence-electron chi connectivity index (χ2n) is 12.6. The summed E-state index contributed by atoms with van der Waals surface area (Å²) in [6.45, 7) is 2.79. The number of aromatic amines is 1. The molecule has 12 nitrogen and oxygen atoms in total. The first-order valence-corrected chi connectivity index (χ1v) is 18.8. The average molecular weight is 749 g/mol. The largest absolute Gasteiger partial charge is 0.433 e. The fourth-order valence-electron chi connectivity index (χ4n) is 6.12. The third-order valence-electron chi connectivity index (χ3n) is 8.65. The van der Waals surface area contributed by atoms with Gasteiger partial charge in [-0.25, -0.2) is 18.4 Å². The van der Waals surface area contributed by atoms with Gasteiger partial charge in [0.2, 0.25) is 10.0 Å². The molecule has 2 heterocycles. The van der Waals surface area contributed by atoms with E-state index in [9.17, 15) is 31.6 Å². The molecular formula is C38H42F2N6O6S. The summed E-state index contributed by atoms with van der Waals surface area (Å²) in [7, 11) is -3.78. The number of ketones is 1. The number of nitrogens with one attached hydrogen (secondary N) is 2. The third kappa shape index (κ3) is 9.59. The maximum atomic E-state index is 13.3. The number of hydrogen-bond donors (Lipinski definition) is 2. The monoisotopic (exact) mass is 748 g/mol. The number of hydrogen-bond acceptors (Lipinski definition) is 8. The molecule has 2 N–H and O–H groups in total. The smallest absolute Gasteiger partial charge is 0.387 e. The maximum Gasteiger partial charge on any atom is 0.387 e. The lowest BCUT2D eigenvalue weighted by Crippen LogP contribution is -2.32. The second kappa shape index (κ2) is 17.5. The molecule has 1 amide bonds. The Kier molecular flexibility index (Phi) is 12.9. The first kappa shape index (κ1) is 38.9. The van der Waals surface area contributed by atoms with Crippen LogP contribution in [0.3, 0.4) is 0 Å². The van der Waals surface area contributed by atoms with E-state index in [1.807, 2.05) is 44.2 Å². The Morgan fingerprint density at radius 1 is 0.981 bits per heavy atom. The number of nitrogens with zero attached hydrogens (tertiary/aromatic N) is 4. The van der Waals surface area contributed by atoms with E-state index >= 15 is 0 Å². The third-order valence-corrected chi connectivity index (χ3v) is 10.6. The van der Waals surface area contributed by atoms with Crippen LogP contribution in [0.2, 0.25) is 0 Å². The minimum absolute atomic E-state index is 0.0194. The van der Waals surface area contributed by atoms with E-state index < -0.39 is 34.1 Å². The number of carbonyl (C=O) groups is 2. The predicted molar refractivity (Wildman–Crippen MR) is 197 cm³/mol. The first-order valence-electron chi connectivity index (χ1n) is 17.4. The van der Waals surface area contributed by atoms with E-state index in [-0.39, 0.29) is 51.1 Å². The predicted octanol–water partition coefficient (Wildman–Crippen LogP) is 6.53. The van der Waals surface area contributed by atoms with Gasteiger partial charge in [0.1, 0.15) is 11.6 Å². The van der Waals surface area contributed by atoms with Gasteiger partial charge < -0.3 is 19.6 Å². The molecule has 2 aromatic heterocycles. The molecule has 5 rings (SSSR count). The van der Waals surface area contributed by atoms with Crippen molar-refractivity contribution < 1.29 is 31.5 Å². The van der Waals surface area contributed by atoms with Crippen molar-refractivity contribution in [2.24, 2.45) is 0 Å². The highest BCUT2D eigenvalue weighted by Crippen LogP contribution is 2.29. The molecule has 53 heavy (non-hydrogen) atoms. The van der Waals surface area contributed by atoms with Crippen molar-refractivity contribution in [2.75, 3.05) is 18.4 Å². The molecular weight excluding hydrogens is 707 g/mol. The molecule has 0 saturated carbocycles. The minimum atomic E-state index is -3.78. The molecule has 0 radical (unpaired) electrons. The normalized spacial score (nSPS) is 12.4. The van der Waals surface area contributed by atoms with Crippen molar-refractivity contribution in [1.82, 2.24) is 23.8 Å². The number of imidazole rings is 1. The van der Waals surface area contributed by atoms with Crippen LogP contribution in [-0.4, -0.2) is 63.6 Å². The summed E-state index contributed by atoms with van der Waals surface area (Å²) in [5.41, 5.74) is 1.42. The number of amides is 1. The highest BCUT2D eigenvalue weighted by molar-refractivity contribution is 7.89. The molecule has 0 aliphatic heterocycles. The highest BCUT2D eigenvalue weighted by Gasteiger charge is 2.24. The van der Waals surface area contributed by atoms with Crippen molar-refractivity contribution in [3.8, 4) is 5.75 Å². The molecule has 280 valence electrons. The summed E-state index contributed by atoms with van der Waals surface area (Å²) < 4.78 is 60.7. The molecule has 1 atom stereocenters. The number of anilines is 1. The van der Waals surface area contributed by atoms with Crippen LogP contribution >= 0.6 is 0 Å². The standard InChI is InChI=1S/C38H42F2N6O6S/c1-4-20-45(21-5-2)53(50,51)29-17-15-28(16-18-29)36(48)42-30-22-27(14-19-32(30)52-38(39)40)23-33-43-35-34(37(49)44-33)41-24-46(35)31(25(3)47)13-9-12-26-10-7-6-8-11-26/h6-8,10-11,14-19,22,24,31,38H,4-5,9,12-13,20-21,23H2,1-3H3,(H,42,48)(H,43,44,49). The molecule has 0 aliphatic carbocycles. The van der Waals surface area contributed by atoms with Crippen molar-refractivity contribution in [2.45, 2.75) is 76.8 Å². The number of sulfonamides is 1. The highest BCUT2D eigenvalue weighted by atomic mass is 32.2. The van der Waals surface area contributed by atoms with Crippen molar-refractivity contribution in [3.05, 3.63) is 112 Å². The van der Waals surface area contributed by atoms with Gasteiger partial charge >= 0.3 is 6.61 Å². The van der Waals surface area contributed by atoms with Crippen LogP contribution < -0.4 is 15.6 Å². The van der Waals surface area contributed by atoms with Gasteiger partial charge in [-0.15, -0.1) is 0 Å². The Morgan fingerprint density at radius 3 is 2.32 bits per heavy atom. The SMILES string of the molecule is CCCN(CCC)S(=O)(=O)c1ccc(C(=O)Nc2cc(Cc3nc4c(ncn4C(CCCc4ccccc4)C(C)=O)c(=O)[nH]3)ccc2OC(F)F)cc1. The maximum absolute atomic E-state index is 13.3. The molecule has 0 spiro atoms. The second-order valence-corrected chi connectivity index (χ2v) is 14.5. The molecule has 3 aromatic carbocycles. The number of carbonyl (C=O) groups excluding carboxylic acids is 2. The summed E-state index contributed by atoms with van der Waals surface area (Å²) >= 11 is 0. The average Bonchev–Trinajstić information content (AvgIpc) is 3.55. The number of Topliss-reactive ketones (excluding diaryl/α,β-unsaturated/α-hetero) is 1. The van der Waals surface area contributed by atoms with Crippen LogP contribution in [0.15, 0.2) is 88.8 Å². The quantitative estimate of drug-likeness (QED) is 0.103. The number of rotatable bonds is 18. The number of aromatic nitrogens is 4. The Labute approximate surface area is 306 Å². The van der Waals surface area contributed by atoms with Gasteiger partial charge in [-0.3, -0.25) is 14.4 Å². The van der Waals surface area contributed by atoms with Crippen LogP contribution in [0.1, 0.15) is 79.8 Å². The van der Waals surface area contributed by atoms with Crippen LogP contribution in [0, 0.1) is 0 Å². The fourth-order valence-corrected chi connectivity index (χ4v) is 7.74. The lowest BCUT2D eigenvalue weighted by atomic mass is 10.0. The zero-order valence-electron chi connectivity index (χ0n) is 29.7. The number of halogens is 2. The van der Waals surface area contributed by atoms with E-state index in [1.54, 1.807) is 4.57 Å². The molecule has 1 unspecified atom stereocenters. The van der Waals surface area contributed by atoms with Crippen LogP contribution in [0.25, 0.3) is 11.2 Å². The number of aryl methyl sites for hydroxylation is 1. The van der Waals surface area contributed by atoms with Crippen molar-refractivity contribution in [3.63, 3.8) is 0 Å². The number of benzene rings is 3. The van der Waals surface area contributed by atoms with Gasteiger partial charge in [0.15, 0.2) is 16.9 Å². The number of ether oxygens (including phenoxy) is 1. The molecule has 0 saturated heterocycles. The number of fused-ring (bicyclic) bond motifs is 1. The van der Waals surface area contributed by atoms with Crippen molar-refractivity contribution >= 4 is 38.6 Å². The van der Waals surface area contributed by atoms with Gasteiger partial charge in [0.25, 0.3) is 11.5 Å². The first-order chi connectivity index (χ1) is 25.4. The molecule has 5 aromatic rings. The van der Waals surface area contributed by atoms with Gasteiger partial charge in [-0.1, -0.05) is 50.2 Å². The van der Waals surface area contributed by atoms with Gasteiger partial charge in [-0.05, 0) is 86.6 Å². The zero-order valence-corrected chi connectivity index (χ0v) is 30.5. The Hall–Kier alpha value is -5.28. The van der Waals surface area contributed by atoms with E-state index in [1.165, 1.54) is 60.0 Å². The van der Waals surface area contributed by atoms with Crippen LogP contribution in [0.4, 0.5) is 14.5 Å². The lowest BCUT2D eigenvalue weighted by molar-refractivity contribution is -0.120. The van der Waals surface area contributed by atoms with E-state index in [4.69, 9.17) is 0 Å². The van der Waals surface area contributed by atoms with Gasteiger partial charge in [0.05, 0.1) is 23.0 Å². The van der Waals surface area contributed by atoms with Gasteiger partial charge in [-0.2, -0.15) is 13.1 Å². The minimum Gasteiger partial charge on any atom is -0.433 e. The summed E-state index contributed by atoms with van der Waals surface area (Å²) in [6.07, 6.45) is 4.72. The molecule has 0 aliphatic rings. The van der Waals surface area contributed by atoms with E-state index in [2.05, 4.69) is 25.0 Å². The van der Waals surface area contributed by atoms with E-state index in [0.717, 1.165) is 12.0 Å². The summed E-state index contributed by atoms with van der Waals surface area (Å²) in [5.74, 6) is -0.890. The molecule has 0 bridgehead atoms. The van der Waals surface area contributed by atoms with E-state index in [0.29, 0.717) is 44.3 Å². The summed E-state index contributed by atoms with van der Waals surface area (Å²) in [4.78, 5) is 50.7. The summed E-state index contributed by atoms with van der Waals surface area (Å²) in [6, 6.07) is 18.8.